The van der Waals surface area contributed by atoms with Crippen molar-refractivity contribution in [3.8, 4) is 28.7 Å². The van der Waals surface area contributed by atoms with Crippen LogP contribution in [0, 0.1) is 11.3 Å². The van der Waals surface area contributed by atoms with Crippen LogP contribution in [0.1, 0.15) is 5.56 Å². The van der Waals surface area contributed by atoms with E-state index in [9.17, 15) is 0 Å². The molecule has 1 heterocycles. The minimum Gasteiger partial charge on any atom is -0.453 e. The van der Waals surface area contributed by atoms with Gasteiger partial charge in [0.25, 0.3) is 0 Å². The first-order valence-corrected chi connectivity index (χ1v) is 10.5. The van der Waals surface area contributed by atoms with Gasteiger partial charge in [-0.15, -0.1) is 0 Å². The summed E-state index contributed by atoms with van der Waals surface area (Å²) < 4.78 is 6.14. The van der Waals surface area contributed by atoms with Gasteiger partial charge in [-0.25, -0.2) is 0 Å². The van der Waals surface area contributed by atoms with Gasteiger partial charge in [0.1, 0.15) is 0 Å². The molecule has 0 radical (unpaired) electrons. The molecular weight excluding hydrogens is 392 g/mol. The average Bonchev–Trinajstić information content (AvgIpc) is 2.86. The summed E-state index contributed by atoms with van der Waals surface area (Å²) in [7, 11) is 0. The normalized spacial score (nSPS) is 11.9. The molecule has 6 rings (SSSR count). The maximum atomic E-state index is 9.03. The van der Waals surface area contributed by atoms with Crippen LogP contribution in [0.15, 0.2) is 109 Å². The topological polar surface area (TPSA) is 36.3 Å². The molecule has 0 amide bonds. The number of fused-ring (bicyclic) bond motifs is 3. The van der Waals surface area contributed by atoms with E-state index in [-0.39, 0.29) is 0 Å². The molecule has 5 aromatic rings. The zero-order chi connectivity index (χ0) is 21.5. The lowest BCUT2D eigenvalue weighted by Crippen LogP contribution is -2.15. The SMILES string of the molecule is N#Cc1ccc(-c2ccc3cc(N4c5ccccc5Oc5ccccc54)ccc3c2)cc1. The van der Waals surface area contributed by atoms with Crippen molar-refractivity contribution in [3.05, 3.63) is 115 Å². The van der Waals surface area contributed by atoms with E-state index in [4.69, 9.17) is 10.00 Å². The van der Waals surface area contributed by atoms with Crippen LogP contribution in [0.3, 0.4) is 0 Å². The number of hydrogen-bond donors (Lipinski definition) is 0. The van der Waals surface area contributed by atoms with Crippen molar-refractivity contribution in [2.24, 2.45) is 0 Å². The molecule has 32 heavy (non-hydrogen) atoms. The average molecular weight is 410 g/mol. The Hall–Kier alpha value is -4.55. The molecule has 0 unspecified atom stereocenters. The van der Waals surface area contributed by atoms with Crippen LogP contribution < -0.4 is 9.64 Å². The summed E-state index contributed by atoms with van der Waals surface area (Å²) in [6.45, 7) is 0. The standard InChI is InChI=1S/C29H18N2O/c30-19-20-9-11-21(12-10-20)22-13-14-24-18-25(16-15-23(24)17-22)31-26-5-1-3-7-28(26)32-29-8-4-2-6-27(29)31/h1-18H. The van der Waals surface area contributed by atoms with Crippen molar-refractivity contribution in [3.63, 3.8) is 0 Å². The van der Waals surface area contributed by atoms with Gasteiger partial charge in [-0.2, -0.15) is 5.26 Å². The quantitative estimate of drug-likeness (QED) is 0.290. The monoisotopic (exact) mass is 410 g/mol. The predicted molar refractivity (Wildman–Crippen MR) is 129 cm³/mol. The minimum absolute atomic E-state index is 0.672. The Morgan fingerprint density at radius 1 is 0.594 bits per heavy atom. The molecule has 150 valence electrons. The third-order valence-electron chi connectivity index (χ3n) is 5.86. The second-order valence-corrected chi connectivity index (χ2v) is 7.81. The maximum absolute atomic E-state index is 9.03. The second-order valence-electron chi connectivity index (χ2n) is 7.81. The first kappa shape index (κ1) is 18.2. The van der Waals surface area contributed by atoms with Crippen molar-refractivity contribution < 1.29 is 4.74 Å². The highest BCUT2D eigenvalue weighted by atomic mass is 16.5. The van der Waals surface area contributed by atoms with Gasteiger partial charge in [-0.05, 0) is 76.5 Å². The maximum Gasteiger partial charge on any atom is 0.151 e. The van der Waals surface area contributed by atoms with Gasteiger partial charge in [-0.3, -0.25) is 0 Å². The zero-order valence-electron chi connectivity index (χ0n) is 17.2. The van der Waals surface area contributed by atoms with E-state index < -0.39 is 0 Å². The third-order valence-corrected chi connectivity index (χ3v) is 5.86. The molecule has 3 heteroatoms. The summed E-state index contributed by atoms with van der Waals surface area (Å²) in [6.07, 6.45) is 0. The second kappa shape index (κ2) is 7.30. The van der Waals surface area contributed by atoms with E-state index in [1.54, 1.807) is 0 Å². The lowest BCUT2D eigenvalue weighted by atomic mass is 9.99. The van der Waals surface area contributed by atoms with Crippen LogP contribution in [0.2, 0.25) is 0 Å². The Morgan fingerprint density at radius 3 is 1.88 bits per heavy atom. The van der Waals surface area contributed by atoms with Crippen LogP contribution in [-0.2, 0) is 0 Å². The fraction of sp³-hybridized carbons (Fsp3) is 0. The molecule has 0 atom stereocenters. The van der Waals surface area contributed by atoms with Gasteiger partial charge in [0.2, 0.25) is 0 Å². The van der Waals surface area contributed by atoms with Gasteiger partial charge in [-0.1, -0.05) is 54.6 Å². The number of anilines is 3. The van der Waals surface area contributed by atoms with E-state index in [1.165, 1.54) is 10.8 Å². The molecule has 1 aliphatic heterocycles. The first-order valence-electron chi connectivity index (χ1n) is 10.5. The van der Waals surface area contributed by atoms with Crippen LogP contribution in [0.25, 0.3) is 21.9 Å². The van der Waals surface area contributed by atoms with Crippen molar-refractivity contribution >= 4 is 27.8 Å². The van der Waals surface area contributed by atoms with Crippen LogP contribution in [-0.4, -0.2) is 0 Å². The summed E-state index contributed by atoms with van der Waals surface area (Å²) in [4.78, 5) is 2.25. The molecular formula is C29H18N2O. The summed E-state index contributed by atoms with van der Waals surface area (Å²) in [5, 5.41) is 11.4. The first-order chi connectivity index (χ1) is 15.8. The fourth-order valence-corrected chi connectivity index (χ4v) is 4.27. The molecule has 0 spiro atoms. The number of nitriles is 1. The zero-order valence-corrected chi connectivity index (χ0v) is 17.2. The number of rotatable bonds is 2. The number of benzene rings is 5. The molecule has 0 aromatic heterocycles. The molecule has 0 saturated heterocycles. The number of hydrogen-bond acceptors (Lipinski definition) is 3. The molecule has 3 nitrogen and oxygen atoms in total. The summed E-state index contributed by atoms with van der Waals surface area (Å²) in [5.41, 5.74) is 6.05. The van der Waals surface area contributed by atoms with E-state index >= 15 is 0 Å². The Morgan fingerprint density at radius 2 is 1.19 bits per heavy atom. The van der Waals surface area contributed by atoms with Crippen molar-refractivity contribution in [1.82, 2.24) is 0 Å². The number of para-hydroxylation sites is 4. The largest absolute Gasteiger partial charge is 0.453 e. The van der Waals surface area contributed by atoms with Gasteiger partial charge >= 0.3 is 0 Å². The number of nitrogens with zero attached hydrogens (tertiary/aromatic N) is 2. The Labute approximate surface area is 186 Å². The molecule has 0 bridgehead atoms. The highest BCUT2D eigenvalue weighted by Gasteiger charge is 2.25. The Balaban J connectivity index is 1.45. The van der Waals surface area contributed by atoms with Gasteiger partial charge in [0, 0.05) is 5.69 Å². The van der Waals surface area contributed by atoms with E-state index in [2.05, 4.69) is 59.5 Å². The third kappa shape index (κ3) is 2.98. The molecule has 0 saturated carbocycles. The molecule has 0 fully saturated rings. The lowest BCUT2D eigenvalue weighted by molar-refractivity contribution is 0.477. The fourth-order valence-electron chi connectivity index (χ4n) is 4.27. The summed E-state index contributed by atoms with van der Waals surface area (Å²) in [5.74, 6) is 1.70. The van der Waals surface area contributed by atoms with Crippen molar-refractivity contribution in [2.75, 3.05) is 4.90 Å². The molecule has 0 N–H and O–H groups in total. The van der Waals surface area contributed by atoms with Gasteiger partial charge in [0.15, 0.2) is 11.5 Å². The van der Waals surface area contributed by atoms with Crippen LogP contribution >= 0.6 is 0 Å². The molecule has 5 aromatic carbocycles. The highest BCUT2D eigenvalue weighted by molar-refractivity contribution is 5.94. The highest BCUT2D eigenvalue weighted by Crippen LogP contribution is 2.50. The number of ether oxygens (including phenoxy) is 1. The van der Waals surface area contributed by atoms with Crippen molar-refractivity contribution in [1.29, 1.82) is 5.26 Å². The smallest absolute Gasteiger partial charge is 0.151 e. The Kier molecular flexibility index (Phi) is 4.16. The van der Waals surface area contributed by atoms with Crippen LogP contribution in [0.4, 0.5) is 17.1 Å². The lowest BCUT2D eigenvalue weighted by Gasteiger charge is -2.32. The summed E-state index contributed by atoms with van der Waals surface area (Å²) in [6, 6.07) is 39.2. The molecule has 1 aliphatic rings. The summed E-state index contributed by atoms with van der Waals surface area (Å²) >= 11 is 0. The molecule has 0 aliphatic carbocycles. The van der Waals surface area contributed by atoms with Crippen LogP contribution in [0.5, 0.6) is 11.5 Å². The van der Waals surface area contributed by atoms with E-state index in [0.29, 0.717) is 5.56 Å². The Bertz CT molecular complexity index is 1470. The van der Waals surface area contributed by atoms with E-state index in [1.807, 2.05) is 60.7 Å². The van der Waals surface area contributed by atoms with Gasteiger partial charge in [0.05, 0.1) is 23.0 Å². The van der Waals surface area contributed by atoms with Crippen molar-refractivity contribution in [2.45, 2.75) is 0 Å². The van der Waals surface area contributed by atoms with E-state index in [0.717, 1.165) is 39.7 Å². The predicted octanol–water partition coefficient (Wildman–Crippen LogP) is 7.95. The van der Waals surface area contributed by atoms with Gasteiger partial charge < -0.3 is 9.64 Å². The minimum atomic E-state index is 0.672.